The van der Waals surface area contributed by atoms with E-state index in [-0.39, 0.29) is 76.7 Å². The van der Waals surface area contributed by atoms with Crippen LogP contribution < -0.4 is 21.3 Å². The predicted molar refractivity (Wildman–Crippen MR) is 256 cm³/mol. The lowest BCUT2D eigenvalue weighted by Gasteiger charge is -2.52. The number of piperidine rings is 2. The molecule has 11 rings (SSSR count). The first-order valence-corrected chi connectivity index (χ1v) is 24.7. The summed E-state index contributed by atoms with van der Waals surface area (Å²) in [5.74, 6) is 3.65. The number of alkyl halides is 3. The minimum atomic E-state index is -4.69. The number of anilines is 2. The number of carbonyl (C=O) groups is 5. The van der Waals surface area contributed by atoms with Crippen LogP contribution in [0.4, 0.5) is 28.9 Å². The molecule has 4 N–H and O–H groups in total. The second-order valence-corrected chi connectivity index (χ2v) is 21.8. The molecule has 5 amide bonds. The summed E-state index contributed by atoms with van der Waals surface area (Å²) in [5, 5.41) is 12.2. The summed E-state index contributed by atoms with van der Waals surface area (Å²) < 4.78 is 58.5. The maximum atomic E-state index is 16.5. The van der Waals surface area contributed by atoms with Gasteiger partial charge in [-0.3, -0.25) is 39.6 Å². The monoisotopic (exact) mass is 989 g/mol. The van der Waals surface area contributed by atoms with Crippen LogP contribution in [0.2, 0.25) is 5.02 Å². The topological polar surface area (TPSA) is 153 Å². The fraction of sp³-hybridized carbons (Fsp3) is 0.444. The highest BCUT2D eigenvalue weighted by Gasteiger charge is 2.70. The number of hydrogen-bond donors (Lipinski definition) is 4. The lowest BCUT2D eigenvalue weighted by atomic mass is 9.53. The van der Waals surface area contributed by atoms with E-state index in [1.807, 2.05) is 11.0 Å². The van der Waals surface area contributed by atoms with Gasteiger partial charge in [0.25, 0.3) is 11.8 Å². The van der Waals surface area contributed by atoms with Crippen molar-refractivity contribution in [2.75, 3.05) is 30.3 Å². The van der Waals surface area contributed by atoms with E-state index in [2.05, 4.69) is 51.9 Å². The zero-order valence-electron chi connectivity index (χ0n) is 39.2. The Morgan fingerprint density at radius 1 is 0.972 bits per heavy atom. The summed E-state index contributed by atoms with van der Waals surface area (Å²) >= 11 is 6.43. The van der Waals surface area contributed by atoms with Gasteiger partial charge in [0.15, 0.2) is 0 Å². The van der Waals surface area contributed by atoms with Crippen LogP contribution in [0.5, 0.6) is 0 Å². The zero-order valence-corrected chi connectivity index (χ0v) is 40.0. The summed E-state index contributed by atoms with van der Waals surface area (Å²) in [7, 11) is 0. The number of halogens is 5. The van der Waals surface area contributed by atoms with Crippen molar-refractivity contribution >= 4 is 52.5 Å². The molecule has 4 aromatic rings. The number of pyridine rings is 1. The van der Waals surface area contributed by atoms with Crippen molar-refractivity contribution in [1.82, 2.24) is 25.4 Å². The first-order chi connectivity index (χ1) is 33.8. The predicted octanol–water partition coefficient (Wildman–Crippen LogP) is 8.34. The molecule has 1 aromatic heterocycles. The summed E-state index contributed by atoms with van der Waals surface area (Å²) in [6.07, 6.45) is 2.28. The molecule has 2 aliphatic carbocycles. The molecule has 3 saturated heterocycles. The van der Waals surface area contributed by atoms with Crippen LogP contribution in [0.1, 0.15) is 126 Å². The molecule has 5 aliphatic heterocycles. The average molecular weight is 990 g/mol. The number of imide groups is 1. The zero-order chi connectivity index (χ0) is 49.8. The molecule has 5 fully saturated rings. The van der Waals surface area contributed by atoms with Crippen LogP contribution in [0.15, 0.2) is 72.9 Å². The fourth-order valence-electron chi connectivity index (χ4n) is 13.3. The molecule has 368 valence electrons. The van der Waals surface area contributed by atoms with Gasteiger partial charge in [-0.2, -0.15) is 13.2 Å². The molecule has 0 unspecified atom stereocenters. The van der Waals surface area contributed by atoms with Gasteiger partial charge >= 0.3 is 6.18 Å². The van der Waals surface area contributed by atoms with Crippen molar-refractivity contribution in [2.24, 2.45) is 16.7 Å². The Kier molecular flexibility index (Phi) is 11.2. The van der Waals surface area contributed by atoms with E-state index in [1.54, 1.807) is 48.5 Å². The maximum absolute atomic E-state index is 16.5. The number of fused-ring (bicyclic) bond motifs is 4. The van der Waals surface area contributed by atoms with Crippen molar-refractivity contribution in [2.45, 2.75) is 113 Å². The Morgan fingerprint density at radius 3 is 2.46 bits per heavy atom. The lowest BCUT2D eigenvalue weighted by Crippen LogP contribution is -2.60. The fourth-order valence-corrected chi connectivity index (χ4v) is 13.4. The maximum Gasteiger partial charge on any atom is 0.433 e. The van der Waals surface area contributed by atoms with Gasteiger partial charge in [-0.15, -0.1) is 0 Å². The highest BCUT2D eigenvalue weighted by atomic mass is 35.5. The van der Waals surface area contributed by atoms with Gasteiger partial charge in [0.1, 0.15) is 17.6 Å². The molecular formula is C54H52ClF4N7O5. The van der Waals surface area contributed by atoms with Crippen LogP contribution >= 0.6 is 11.6 Å². The van der Waals surface area contributed by atoms with E-state index < -0.39 is 58.5 Å². The third-order valence-electron chi connectivity index (χ3n) is 16.8. The Morgan fingerprint density at radius 2 is 1.73 bits per heavy atom. The van der Waals surface area contributed by atoms with Crippen LogP contribution in [0, 0.1) is 34.4 Å². The van der Waals surface area contributed by atoms with Crippen molar-refractivity contribution < 1.29 is 41.5 Å². The SMILES string of the molecule is CC1(C)CCC[C@@]2(C1)N[C@@H](C(=O)Nc1ccc(C(=O)N3CCC4(CC3)C[C@@H]4C#Cc3cccc4c3CN([C@H]3CCC(=O)NC3=O)C4=O)cc1)[C@H](c1cccc(Cl)c1F)[C@]21CNc2cc(C(F)(F)F)ncc21. The second-order valence-electron chi connectivity index (χ2n) is 21.4. The molecule has 17 heteroatoms. The number of aromatic nitrogens is 1. The van der Waals surface area contributed by atoms with Gasteiger partial charge in [0.05, 0.1) is 11.1 Å². The van der Waals surface area contributed by atoms with E-state index in [9.17, 15) is 37.1 Å². The molecule has 3 spiro atoms. The Bertz CT molecular complexity index is 3000. The number of likely N-dealkylation sites (tertiary alicyclic amines) is 1. The molecule has 6 atom stereocenters. The molecule has 2 saturated carbocycles. The highest BCUT2D eigenvalue weighted by molar-refractivity contribution is 6.30. The van der Waals surface area contributed by atoms with Crippen molar-refractivity contribution in [3.63, 3.8) is 0 Å². The van der Waals surface area contributed by atoms with Gasteiger partial charge in [0.2, 0.25) is 17.7 Å². The minimum Gasteiger partial charge on any atom is -0.384 e. The summed E-state index contributed by atoms with van der Waals surface area (Å²) in [5.41, 5.74) is 0.550. The number of rotatable bonds is 5. The number of nitrogens with one attached hydrogen (secondary N) is 4. The lowest BCUT2D eigenvalue weighted by molar-refractivity contribution is -0.141. The normalized spacial score (nSPS) is 28.0. The number of benzene rings is 3. The third kappa shape index (κ3) is 7.85. The molecule has 6 heterocycles. The van der Waals surface area contributed by atoms with E-state index in [0.717, 1.165) is 49.3 Å². The second kappa shape index (κ2) is 16.9. The summed E-state index contributed by atoms with van der Waals surface area (Å²) in [6.45, 7) is 5.74. The number of amides is 5. The first kappa shape index (κ1) is 47.0. The number of hydrogen-bond acceptors (Lipinski definition) is 8. The van der Waals surface area contributed by atoms with Crippen LogP contribution in [0.3, 0.4) is 0 Å². The number of nitrogens with zero attached hydrogens (tertiary/aromatic N) is 3. The van der Waals surface area contributed by atoms with E-state index in [4.69, 9.17) is 11.6 Å². The van der Waals surface area contributed by atoms with Crippen molar-refractivity contribution in [1.29, 1.82) is 0 Å². The minimum absolute atomic E-state index is 0.00568. The largest absolute Gasteiger partial charge is 0.433 e. The van der Waals surface area contributed by atoms with Crippen LogP contribution in [-0.4, -0.2) is 81.6 Å². The van der Waals surface area contributed by atoms with E-state index >= 15 is 4.39 Å². The Hall–Kier alpha value is -6.31. The highest BCUT2D eigenvalue weighted by Crippen LogP contribution is 2.64. The van der Waals surface area contributed by atoms with Crippen LogP contribution in [-0.2, 0) is 32.5 Å². The smallest absolute Gasteiger partial charge is 0.384 e. The average Bonchev–Trinajstić information content (AvgIpc) is 3.54. The Labute approximate surface area is 413 Å². The van der Waals surface area contributed by atoms with Crippen molar-refractivity contribution in [3.8, 4) is 11.8 Å². The standard InChI is InChI=1S/C54H52ClF4N7O5/c1-50(2)18-5-19-52(28-50)53(29-61-39-24-41(54(57,58)59)60-26-37(39)53)43(35-8-4-9-38(55)44(35)56)45(64-52)47(69)62-33-14-11-31(12-15-33)48(70)65-22-20-51(21-23-65)25-32(51)13-10-30-6-3-7-34-36(30)27-66(49(34)71)40-16-17-42(67)63-46(40)68/h3-4,6-9,11-12,14-15,24,26,32,40,43,45,61,64H,5,16-23,25,27-29H2,1-2H3,(H,62,69)(H,63,67,68)/t32-,40-,43-,45+,52-,53+/m0/s1. The summed E-state index contributed by atoms with van der Waals surface area (Å²) in [4.78, 5) is 73.6. The van der Waals surface area contributed by atoms with Gasteiger partial charge in [-0.1, -0.05) is 61.9 Å². The molecule has 7 aliphatic rings. The van der Waals surface area contributed by atoms with Crippen LogP contribution in [0.25, 0.3) is 0 Å². The third-order valence-corrected chi connectivity index (χ3v) is 17.1. The molecular weight excluding hydrogens is 938 g/mol. The van der Waals surface area contributed by atoms with Gasteiger partial charge in [-0.25, -0.2) is 4.39 Å². The van der Waals surface area contributed by atoms with E-state index in [1.165, 1.54) is 17.2 Å². The Balaban J connectivity index is 0.784. The number of carbonyl (C=O) groups excluding carboxylic acids is 5. The quantitative estimate of drug-likeness (QED) is 0.0885. The molecule has 3 aromatic carbocycles. The molecule has 0 radical (unpaired) electrons. The summed E-state index contributed by atoms with van der Waals surface area (Å²) in [6, 6.07) is 16.0. The molecule has 12 nitrogen and oxygen atoms in total. The first-order valence-electron chi connectivity index (χ1n) is 24.3. The van der Waals surface area contributed by atoms with Crippen molar-refractivity contribution in [3.05, 3.63) is 123 Å². The van der Waals surface area contributed by atoms with E-state index in [0.29, 0.717) is 48.3 Å². The molecule has 0 bridgehead atoms. The van der Waals surface area contributed by atoms with Gasteiger partial charge < -0.3 is 20.4 Å². The van der Waals surface area contributed by atoms with Gasteiger partial charge in [0, 0.05) is 95.2 Å². The molecule has 71 heavy (non-hydrogen) atoms. The van der Waals surface area contributed by atoms with Gasteiger partial charge in [-0.05, 0) is 115 Å².